The van der Waals surface area contributed by atoms with Gasteiger partial charge in [-0.3, -0.25) is 0 Å². The second kappa shape index (κ2) is 6.19. The summed E-state index contributed by atoms with van der Waals surface area (Å²) < 4.78 is 10.9. The molecule has 0 aliphatic carbocycles. The van der Waals surface area contributed by atoms with Crippen molar-refractivity contribution >= 4 is 38.5 Å². The number of aromatic nitrogens is 1. The molecule has 0 saturated heterocycles. The van der Waals surface area contributed by atoms with Gasteiger partial charge in [0.25, 0.3) is 0 Å². The van der Waals surface area contributed by atoms with Crippen molar-refractivity contribution < 1.29 is 13.9 Å². The Morgan fingerprint density at radius 2 is 2.23 bits per heavy atom. The molecule has 0 unspecified atom stereocenters. The first-order valence-electron chi connectivity index (χ1n) is 6.62. The number of halogens is 1. The van der Waals surface area contributed by atoms with Gasteiger partial charge in [-0.2, -0.15) is 0 Å². The first-order chi connectivity index (χ1) is 10.7. The zero-order valence-corrected chi connectivity index (χ0v) is 13.4. The summed E-state index contributed by atoms with van der Waals surface area (Å²) in [5.41, 5.74) is 0.499. The van der Waals surface area contributed by atoms with E-state index in [-0.39, 0.29) is 5.97 Å². The van der Waals surface area contributed by atoms with Crippen LogP contribution in [0.25, 0.3) is 10.8 Å². The Morgan fingerprint density at radius 1 is 1.36 bits per heavy atom. The summed E-state index contributed by atoms with van der Waals surface area (Å²) >= 11 is 3.47. The van der Waals surface area contributed by atoms with E-state index in [1.165, 1.54) is 7.11 Å². The predicted molar refractivity (Wildman–Crippen MR) is 86.8 cm³/mol. The zero-order valence-electron chi connectivity index (χ0n) is 11.8. The van der Waals surface area contributed by atoms with Crippen molar-refractivity contribution in [3.05, 3.63) is 58.6 Å². The number of methoxy groups -OCH3 is 1. The minimum absolute atomic E-state index is 0.365. The fourth-order valence-electron chi connectivity index (χ4n) is 2.18. The zero-order chi connectivity index (χ0) is 15.5. The molecule has 0 spiro atoms. The molecule has 0 radical (unpaired) electrons. The van der Waals surface area contributed by atoms with E-state index in [2.05, 4.69) is 26.2 Å². The predicted octanol–water partition coefficient (Wildman–Crippen LogP) is 3.99. The number of ether oxygens (including phenoxy) is 1. The van der Waals surface area contributed by atoms with Gasteiger partial charge in [-0.25, -0.2) is 9.78 Å². The first-order valence-corrected chi connectivity index (χ1v) is 7.41. The summed E-state index contributed by atoms with van der Waals surface area (Å²) in [5.74, 6) is 1.19. The third-order valence-electron chi connectivity index (χ3n) is 3.27. The van der Waals surface area contributed by atoms with Crippen LogP contribution in [0.2, 0.25) is 0 Å². The quantitative estimate of drug-likeness (QED) is 0.712. The Labute approximate surface area is 135 Å². The monoisotopic (exact) mass is 360 g/mol. The van der Waals surface area contributed by atoms with Crippen molar-refractivity contribution in [2.45, 2.75) is 6.54 Å². The van der Waals surface area contributed by atoms with Crippen LogP contribution < -0.4 is 5.32 Å². The number of carbonyl (C=O) groups is 1. The number of pyridine rings is 1. The Morgan fingerprint density at radius 3 is 2.95 bits per heavy atom. The largest absolute Gasteiger partial charge is 0.467 e. The van der Waals surface area contributed by atoms with Gasteiger partial charge < -0.3 is 14.5 Å². The summed E-state index contributed by atoms with van der Waals surface area (Å²) in [6.07, 6.45) is 3.33. The minimum atomic E-state index is -0.365. The van der Waals surface area contributed by atoms with Crippen LogP contribution in [0.1, 0.15) is 16.1 Å². The third-order valence-corrected chi connectivity index (χ3v) is 3.90. The Hall–Kier alpha value is -2.34. The number of furan rings is 1. The lowest BCUT2D eigenvalue weighted by atomic mass is 10.1. The molecule has 0 atom stereocenters. The molecule has 112 valence electrons. The maximum absolute atomic E-state index is 11.7. The number of benzene rings is 1. The maximum Gasteiger partial charge on any atom is 0.337 e. The molecule has 0 aliphatic heterocycles. The highest BCUT2D eigenvalue weighted by molar-refractivity contribution is 9.10. The minimum Gasteiger partial charge on any atom is -0.467 e. The highest BCUT2D eigenvalue weighted by Crippen LogP contribution is 2.29. The van der Waals surface area contributed by atoms with Gasteiger partial charge in [-0.1, -0.05) is 0 Å². The molecule has 3 rings (SSSR count). The average molecular weight is 361 g/mol. The van der Waals surface area contributed by atoms with Crippen molar-refractivity contribution in [2.75, 3.05) is 12.4 Å². The molecule has 0 fully saturated rings. The highest BCUT2D eigenvalue weighted by Gasteiger charge is 2.11. The van der Waals surface area contributed by atoms with E-state index in [1.807, 2.05) is 18.2 Å². The lowest BCUT2D eigenvalue weighted by molar-refractivity contribution is 0.0601. The molecule has 6 heteroatoms. The molecule has 2 aromatic heterocycles. The lowest BCUT2D eigenvalue weighted by Gasteiger charge is -2.10. The van der Waals surface area contributed by atoms with Gasteiger partial charge in [0.1, 0.15) is 11.6 Å². The number of esters is 1. The van der Waals surface area contributed by atoms with Crippen LogP contribution in [0.5, 0.6) is 0 Å². The van der Waals surface area contributed by atoms with Crippen LogP contribution in [-0.2, 0) is 11.3 Å². The van der Waals surface area contributed by atoms with Crippen molar-refractivity contribution in [3.8, 4) is 0 Å². The molecule has 0 amide bonds. The van der Waals surface area contributed by atoms with E-state index < -0.39 is 0 Å². The van der Waals surface area contributed by atoms with Gasteiger partial charge in [0, 0.05) is 21.4 Å². The summed E-state index contributed by atoms with van der Waals surface area (Å²) in [5, 5.41) is 5.04. The topological polar surface area (TPSA) is 64.4 Å². The standard InChI is InChI=1S/C16H13BrN2O3/c1-21-16(20)10-4-5-12-13(7-10)14(17)9-19-15(12)18-8-11-3-2-6-22-11/h2-7,9H,8H2,1H3,(H,18,19). The van der Waals surface area contributed by atoms with Gasteiger partial charge >= 0.3 is 5.97 Å². The Balaban J connectivity index is 1.97. The molecule has 5 nitrogen and oxygen atoms in total. The van der Waals surface area contributed by atoms with Gasteiger partial charge in [0.05, 0.1) is 25.5 Å². The number of anilines is 1. The number of nitrogens with one attached hydrogen (secondary N) is 1. The van der Waals surface area contributed by atoms with Crippen LogP contribution in [0.4, 0.5) is 5.82 Å². The highest BCUT2D eigenvalue weighted by atomic mass is 79.9. The average Bonchev–Trinajstić information content (AvgIpc) is 3.07. The maximum atomic E-state index is 11.7. The molecule has 3 aromatic rings. The smallest absolute Gasteiger partial charge is 0.337 e. The molecule has 0 aliphatic rings. The van der Waals surface area contributed by atoms with Gasteiger partial charge in [-0.15, -0.1) is 0 Å². The molecular formula is C16H13BrN2O3. The lowest BCUT2D eigenvalue weighted by Crippen LogP contribution is -2.03. The first kappa shape index (κ1) is 14.6. The number of hydrogen-bond donors (Lipinski definition) is 1. The fraction of sp³-hybridized carbons (Fsp3) is 0.125. The van der Waals surface area contributed by atoms with Crippen LogP contribution in [0.3, 0.4) is 0 Å². The van der Waals surface area contributed by atoms with Crippen molar-refractivity contribution in [1.29, 1.82) is 0 Å². The van der Waals surface area contributed by atoms with Crippen LogP contribution in [0, 0.1) is 0 Å². The molecule has 22 heavy (non-hydrogen) atoms. The fourth-order valence-corrected chi connectivity index (χ4v) is 2.61. The Bertz CT molecular complexity index is 816. The van der Waals surface area contributed by atoms with Gasteiger partial charge in [0.15, 0.2) is 0 Å². The van der Waals surface area contributed by atoms with Crippen molar-refractivity contribution in [1.82, 2.24) is 4.98 Å². The molecule has 1 aromatic carbocycles. The summed E-state index contributed by atoms with van der Waals surface area (Å²) in [6, 6.07) is 9.09. The number of rotatable bonds is 4. The summed E-state index contributed by atoms with van der Waals surface area (Å²) in [4.78, 5) is 16.0. The van der Waals surface area contributed by atoms with Crippen LogP contribution in [0.15, 0.2) is 51.7 Å². The number of hydrogen-bond acceptors (Lipinski definition) is 5. The van der Waals surface area contributed by atoms with E-state index in [4.69, 9.17) is 9.15 Å². The summed E-state index contributed by atoms with van der Waals surface area (Å²) in [6.45, 7) is 0.537. The SMILES string of the molecule is COC(=O)c1ccc2c(NCc3ccco3)ncc(Br)c2c1. The Kier molecular flexibility index (Phi) is 4.11. The summed E-state index contributed by atoms with van der Waals surface area (Å²) in [7, 11) is 1.37. The molecule has 1 N–H and O–H groups in total. The second-order valence-corrected chi connectivity index (χ2v) is 5.49. The normalized spacial score (nSPS) is 10.6. The van der Waals surface area contributed by atoms with E-state index in [0.717, 1.165) is 26.8 Å². The van der Waals surface area contributed by atoms with Crippen molar-refractivity contribution in [3.63, 3.8) is 0 Å². The number of nitrogens with zero attached hydrogens (tertiary/aromatic N) is 1. The van der Waals surface area contributed by atoms with Gasteiger partial charge in [-0.05, 0) is 46.3 Å². The van der Waals surface area contributed by atoms with E-state index in [1.54, 1.807) is 24.6 Å². The van der Waals surface area contributed by atoms with E-state index >= 15 is 0 Å². The van der Waals surface area contributed by atoms with Crippen molar-refractivity contribution in [2.24, 2.45) is 0 Å². The number of carbonyl (C=O) groups excluding carboxylic acids is 1. The van der Waals surface area contributed by atoms with Crippen LogP contribution in [-0.4, -0.2) is 18.1 Å². The van der Waals surface area contributed by atoms with E-state index in [0.29, 0.717) is 12.1 Å². The molecular weight excluding hydrogens is 348 g/mol. The van der Waals surface area contributed by atoms with Gasteiger partial charge in [0.2, 0.25) is 0 Å². The van der Waals surface area contributed by atoms with Crippen LogP contribution >= 0.6 is 15.9 Å². The molecule has 0 bridgehead atoms. The molecule has 0 saturated carbocycles. The second-order valence-electron chi connectivity index (χ2n) is 4.64. The number of fused-ring (bicyclic) bond motifs is 1. The van der Waals surface area contributed by atoms with E-state index in [9.17, 15) is 4.79 Å². The third kappa shape index (κ3) is 2.82. The molecule has 2 heterocycles.